The molecular weight excluding hydrogens is 372 g/mol. The highest BCUT2D eigenvalue weighted by molar-refractivity contribution is 6.26. The number of amides is 2. The van der Waals surface area contributed by atoms with E-state index in [0.29, 0.717) is 35.2 Å². The molecule has 6 atom stereocenters. The highest BCUT2D eigenvalue weighted by Gasteiger charge is 2.82. The minimum absolute atomic E-state index is 0.313. The molecule has 7 heteroatoms. The minimum Gasteiger partial charge on any atom is -0.387 e. The van der Waals surface area contributed by atoms with Crippen molar-refractivity contribution in [2.75, 3.05) is 11.5 Å². The summed E-state index contributed by atoms with van der Waals surface area (Å²) < 4.78 is 11.9. The van der Waals surface area contributed by atoms with E-state index in [2.05, 4.69) is 4.85 Å². The van der Waals surface area contributed by atoms with Crippen molar-refractivity contribution >= 4 is 34.0 Å². The van der Waals surface area contributed by atoms with E-state index >= 15 is 0 Å². The monoisotopic (exact) mass is 390 g/mol. The SMILES string of the molecule is [C-]#[N+]c1ccc(N2C(=O)C3[C@H](C2=O)C24CCO[C@@H]2[C@H](O)C3(C)O4)c2ccccc12. The number of hydrogen-bond donors (Lipinski definition) is 1. The molecule has 4 aliphatic rings. The first-order valence-corrected chi connectivity index (χ1v) is 9.71. The van der Waals surface area contributed by atoms with Crippen molar-refractivity contribution in [3.63, 3.8) is 0 Å². The van der Waals surface area contributed by atoms with Crippen molar-refractivity contribution in [3.8, 4) is 0 Å². The van der Waals surface area contributed by atoms with Crippen molar-refractivity contribution in [1.29, 1.82) is 0 Å². The Bertz CT molecular complexity index is 1160. The van der Waals surface area contributed by atoms with Crippen LogP contribution in [0.3, 0.4) is 0 Å². The second-order valence-electron chi connectivity index (χ2n) is 8.46. The second kappa shape index (κ2) is 5.22. The number of anilines is 1. The number of aliphatic hydroxyl groups is 1. The molecule has 4 aliphatic heterocycles. The number of hydrogen-bond acceptors (Lipinski definition) is 5. The number of carbonyl (C=O) groups excluding carboxylic acids is 2. The van der Waals surface area contributed by atoms with Crippen LogP contribution in [0.4, 0.5) is 11.4 Å². The molecule has 0 aliphatic carbocycles. The first-order valence-electron chi connectivity index (χ1n) is 9.71. The predicted octanol–water partition coefficient (Wildman–Crippen LogP) is 2.19. The maximum absolute atomic E-state index is 13.6. The Hall–Kier alpha value is -2.79. The summed E-state index contributed by atoms with van der Waals surface area (Å²) in [4.78, 5) is 31.9. The predicted molar refractivity (Wildman–Crippen MR) is 102 cm³/mol. The van der Waals surface area contributed by atoms with Gasteiger partial charge in [0.05, 0.1) is 30.7 Å². The molecule has 2 aromatic rings. The summed E-state index contributed by atoms with van der Waals surface area (Å²) in [6, 6.07) is 10.6. The van der Waals surface area contributed by atoms with Crippen LogP contribution in [0.15, 0.2) is 36.4 Å². The second-order valence-corrected chi connectivity index (χ2v) is 8.46. The molecule has 0 aromatic heterocycles. The van der Waals surface area contributed by atoms with Gasteiger partial charge in [-0.15, -0.1) is 0 Å². The molecule has 146 valence electrons. The number of aliphatic hydroxyl groups excluding tert-OH is 1. The fraction of sp³-hybridized carbons (Fsp3) is 0.409. The fourth-order valence-corrected chi connectivity index (χ4v) is 6.05. The van der Waals surface area contributed by atoms with Crippen LogP contribution in [-0.2, 0) is 19.1 Å². The van der Waals surface area contributed by atoms with Gasteiger partial charge in [-0.1, -0.05) is 30.3 Å². The van der Waals surface area contributed by atoms with Crippen LogP contribution in [0.1, 0.15) is 13.3 Å². The van der Waals surface area contributed by atoms with Gasteiger partial charge in [-0.3, -0.25) is 9.59 Å². The van der Waals surface area contributed by atoms with Crippen LogP contribution < -0.4 is 4.90 Å². The average Bonchev–Trinajstić information content (AvgIpc) is 3.39. The summed E-state index contributed by atoms with van der Waals surface area (Å²) in [7, 11) is 0. The van der Waals surface area contributed by atoms with E-state index in [1.165, 1.54) is 4.90 Å². The Kier molecular flexibility index (Phi) is 3.08. The molecule has 0 radical (unpaired) electrons. The van der Waals surface area contributed by atoms with E-state index in [1.54, 1.807) is 19.1 Å². The summed E-state index contributed by atoms with van der Waals surface area (Å²) in [5, 5.41) is 12.2. The summed E-state index contributed by atoms with van der Waals surface area (Å²) in [5.41, 5.74) is -1.16. The molecule has 2 bridgehead atoms. The average molecular weight is 390 g/mol. The lowest BCUT2D eigenvalue weighted by atomic mass is 9.65. The number of imide groups is 1. The normalized spacial score (nSPS) is 39.8. The Morgan fingerprint density at radius 2 is 1.86 bits per heavy atom. The van der Waals surface area contributed by atoms with Crippen molar-refractivity contribution in [3.05, 3.63) is 47.8 Å². The number of fused-ring (bicyclic) bond motifs is 4. The topological polar surface area (TPSA) is 80.4 Å². The third-order valence-electron chi connectivity index (χ3n) is 7.25. The van der Waals surface area contributed by atoms with Gasteiger partial charge in [0, 0.05) is 6.42 Å². The standard InChI is InChI=1S/C22H18N2O5/c1-21-15-16(22(29-21)9-10-28-18(22)17(21)25)20(27)24(19(15)26)14-8-7-13(23-2)11-5-3-4-6-12(11)14/h3-8,15-18,25H,9-10H2,1H3/t15?,16-,17+,18-,21?,22?/m1/s1. The first-order chi connectivity index (χ1) is 13.9. The third kappa shape index (κ3) is 1.75. The highest BCUT2D eigenvalue weighted by atomic mass is 16.6. The Morgan fingerprint density at radius 1 is 1.14 bits per heavy atom. The van der Waals surface area contributed by atoms with Crippen molar-refractivity contribution < 1.29 is 24.2 Å². The fourth-order valence-electron chi connectivity index (χ4n) is 6.05. The number of rotatable bonds is 1. The van der Waals surface area contributed by atoms with E-state index in [-0.39, 0.29) is 11.8 Å². The van der Waals surface area contributed by atoms with Gasteiger partial charge < -0.3 is 14.6 Å². The highest BCUT2D eigenvalue weighted by Crippen LogP contribution is 2.64. The summed E-state index contributed by atoms with van der Waals surface area (Å²) in [5.74, 6) is -2.09. The Labute approximate surface area is 166 Å². The number of nitrogens with zero attached hydrogens (tertiary/aromatic N) is 2. The van der Waals surface area contributed by atoms with E-state index in [9.17, 15) is 14.7 Å². The molecule has 2 aromatic carbocycles. The molecule has 4 heterocycles. The lowest BCUT2D eigenvalue weighted by Crippen LogP contribution is -2.56. The molecule has 1 N–H and O–H groups in total. The van der Waals surface area contributed by atoms with E-state index in [4.69, 9.17) is 16.0 Å². The van der Waals surface area contributed by atoms with Gasteiger partial charge in [-0.2, -0.15) is 0 Å². The number of ether oxygens (including phenoxy) is 2. The van der Waals surface area contributed by atoms with Crippen molar-refractivity contribution in [2.45, 2.75) is 36.8 Å². The first kappa shape index (κ1) is 17.1. The molecule has 3 unspecified atom stereocenters. The lowest BCUT2D eigenvalue weighted by Gasteiger charge is -2.35. The molecule has 0 saturated carbocycles. The summed E-state index contributed by atoms with van der Waals surface area (Å²) in [6.07, 6.45) is -1.06. The molecule has 6 rings (SSSR count). The smallest absolute Gasteiger partial charge is 0.240 e. The van der Waals surface area contributed by atoms with Gasteiger partial charge in [-0.25, -0.2) is 9.74 Å². The summed E-state index contributed by atoms with van der Waals surface area (Å²) in [6.45, 7) is 9.50. The zero-order valence-corrected chi connectivity index (χ0v) is 15.7. The largest absolute Gasteiger partial charge is 0.387 e. The van der Waals surface area contributed by atoms with Gasteiger partial charge in [-0.05, 0) is 23.8 Å². The van der Waals surface area contributed by atoms with Gasteiger partial charge >= 0.3 is 0 Å². The molecule has 2 amide bonds. The maximum Gasteiger partial charge on any atom is 0.240 e. The summed E-state index contributed by atoms with van der Waals surface area (Å²) >= 11 is 0. The third-order valence-corrected chi connectivity index (χ3v) is 7.25. The van der Waals surface area contributed by atoms with E-state index in [1.807, 2.05) is 24.3 Å². The van der Waals surface area contributed by atoms with Crippen molar-refractivity contribution in [1.82, 2.24) is 0 Å². The van der Waals surface area contributed by atoms with Gasteiger partial charge in [0.15, 0.2) is 5.69 Å². The van der Waals surface area contributed by atoms with Crippen LogP contribution in [0.5, 0.6) is 0 Å². The van der Waals surface area contributed by atoms with E-state index in [0.717, 1.165) is 0 Å². The van der Waals surface area contributed by atoms with E-state index < -0.39 is 35.2 Å². The molecular formula is C22H18N2O5. The zero-order chi connectivity index (χ0) is 20.1. The molecule has 4 fully saturated rings. The van der Waals surface area contributed by atoms with Crippen LogP contribution in [0, 0.1) is 18.4 Å². The zero-order valence-electron chi connectivity index (χ0n) is 15.7. The van der Waals surface area contributed by atoms with Crippen LogP contribution in [0.2, 0.25) is 0 Å². The van der Waals surface area contributed by atoms with Crippen LogP contribution in [0.25, 0.3) is 15.6 Å². The number of benzene rings is 2. The van der Waals surface area contributed by atoms with Gasteiger partial charge in [0.2, 0.25) is 11.8 Å². The Balaban J connectivity index is 1.54. The molecule has 7 nitrogen and oxygen atoms in total. The molecule has 1 spiro atoms. The molecule has 29 heavy (non-hydrogen) atoms. The van der Waals surface area contributed by atoms with Crippen LogP contribution in [-0.4, -0.2) is 46.9 Å². The minimum atomic E-state index is -1.15. The quantitative estimate of drug-likeness (QED) is 0.596. The maximum atomic E-state index is 13.6. The van der Waals surface area contributed by atoms with Gasteiger partial charge in [0.25, 0.3) is 0 Å². The van der Waals surface area contributed by atoms with Crippen molar-refractivity contribution in [2.24, 2.45) is 11.8 Å². The Morgan fingerprint density at radius 3 is 2.62 bits per heavy atom. The number of carbonyl (C=O) groups is 2. The van der Waals surface area contributed by atoms with Gasteiger partial charge in [0.1, 0.15) is 23.4 Å². The van der Waals surface area contributed by atoms with Crippen LogP contribution >= 0.6 is 0 Å². The lowest BCUT2D eigenvalue weighted by molar-refractivity contribution is -0.134. The molecule has 4 saturated heterocycles.